The summed E-state index contributed by atoms with van der Waals surface area (Å²) in [6.45, 7) is 4.69. The maximum Gasteiger partial charge on any atom is 0.123 e. The topological polar surface area (TPSA) is 15.3 Å². The number of likely N-dealkylation sites (tertiary alicyclic amines) is 1. The van der Waals surface area contributed by atoms with Gasteiger partial charge in [0, 0.05) is 23.5 Å². The first-order valence-electron chi connectivity index (χ1n) is 8.00. The predicted molar refractivity (Wildman–Crippen MR) is 87.3 cm³/mol. The van der Waals surface area contributed by atoms with Crippen LogP contribution >= 0.6 is 11.8 Å². The molecular weight excluding hydrogens is 283 g/mol. The summed E-state index contributed by atoms with van der Waals surface area (Å²) in [5.74, 6) is 1.71. The first kappa shape index (κ1) is 15.3. The highest BCUT2D eigenvalue weighted by Crippen LogP contribution is 2.37. The fourth-order valence-corrected chi connectivity index (χ4v) is 4.71. The quantitative estimate of drug-likeness (QED) is 0.917. The van der Waals surface area contributed by atoms with Crippen molar-refractivity contribution < 1.29 is 4.39 Å². The SMILES string of the molecule is CC(NC1CCSc2ccc(F)cc21)C1CCCN(C)C1. The second-order valence-electron chi connectivity index (χ2n) is 6.49. The van der Waals surface area contributed by atoms with Crippen LogP contribution in [0, 0.1) is 11.7 Å². The lowest BCUT2D eigenvalue weighted by molar-refractivity contribution is 0.172. The minimum absolute atomic E-state index is 0.117. The molecule has 0 radical (unpaired) electrons. The van der Waals surface area contributed by atoms with E-state index in [4.69, 9.17) is 0 Å². The molecule has 2 aliphatic heterocycles. The number of hydrogen-bond donors (Lipinski definition) is 1. The van der Waals surface area contributed by atoms with Crippen molar-refractivity contribution in [3.63, 3.8) is 0 Å². The van der Waals surface area contributed by atoms with Gasteiger partial charge < -0.3 is 10.2 Å². The number of nitrogens with one attached hydrogen (secondary N) is 1. The Morgan fingerprint density at radius 1 is 1.38 bits per heavy atom. The van der Waals surface area contributed by atoms with Gasteiger partial charge in [-0.1, -0.05) is 0 Å². The standard InChI is InChI=1S/C17H25FN2S/c1-12(13-4-3-8-20(2)11-13)19-16-7-9-21-17-6-5-14(18)10-15(16)17/h5-6,10,12-13,16,19H,3-4,7-9,11H2,1-2H3. The molecular formula is C17H25FN2S. The van der Waals surface area contributed by atoms with Crippen molar-refractivity contribution in [3.05, 3.63) is 29.6 Å². The van der Waals surface area contributed by atoms with Crippen LogP contribution in [0.4, 0.5) is 4.39 Å². The molecule has 0 saturated carbocycles. The average Bonchev–Trinajstić information content (AvgIpc) is 2.48. The monoisotopic (exact) mass is 308 g/mol. The van der Waals surface area contributed by atoms with Crippen LogP contribution in [0.15, 0.2) is 23.1 Å². The van der Waals surface area contributed by atoms with Crippen LogP contribution < -0.4 is 5.32 Å². The molecule has 1 N–H and O–H groups in total. The molecule has 2 heterocycles. The maximum atomic E-state index is 13.6. The van der Waals surface area contributed by atoms with Crippen molar-refractivity contribution in [2.45, 2.75) is 43.2 Å². The Hall–Kier alpha value is -0.580. The number of nitrogens with zero attached hydrogens (tertiary/aromatic N) is 1. The Labute approximate surface area is 131 Å². The summed E-state index contributed by atoms with van der Waals surface area (Å²) in [6.07, 6.45) is 3.68. The van der Waals surface area contributed by atoms with E-state index in [9.17, 15) is 4.39 Å². The van der Waals surface area contributed by atoms with E-state index in [0.29, 0.717) is 18.0 Å². The fourth-order valence-electron chi connectivity index (χ4n) is 3.61. The van der Waals surface area contributed by atoms with Crippen LogP contribution in [-0.4, -0.2) is 36.8 Å². The highest BCUT2D eigenvalue weighted by Gasteiger charge is 2.27. The second-order valence-corrected chi connectivity index (χ2v) is 7.63. The average molecular weight is 308 g/mol. The van der Waals surface area contributed by atoms with E-state index in [1.165, 1.54) is 30.8 Å². The number of piperidine rings is 1. The molecule has 3 atom stereocenters. The first-order chi connectivity index (χ1) is 10.1. The number of halogens is 1. The molecule has 3 unspecified atom stereocenters. The zero-order valence-corrected chi connectivity index (χ0v) is 13.8. The third kappa shape index (κ3) is 3.61. The summed E-state index contributed by atoms with van der Waals surface area (Å²) < 4.78 is 13.6. The van der Waals surface area contributed by atoms with Gasteiger partial charge in [-0.3, -0.25) is 0 Å². The molecule has 1 aromatic rings. The summed E-state index contributed by atoms with van der Waals surface area (Å²) in [7, 11) is 2.21. The van der Waals surface area contributed by atoms with E-state index < -0.39 is 0 Å². The lowest BCUT2D eigenvalue weighted by Crippen LogP contribution is -2.44. The molecule has 1 fully saturated rings. The third-order valence-electron chi connectivity index (χ3n) is 4.84. The van der Waals surface area contributed by atoms with Crippen LogP contribution in [-0.2, 0) is 0 Å². The van der Waals surface area contributed by atoms with E-state index >= 15 is 0 Å². The molecule has 1 aromatic carbocycles. The number of rotatable bonds is 3. The van der Waals surface area contributed by atoms with Crippen molar-refractivity contribution in [3.8, 4) is 0 Å². The molecule has 4 heteroatoms. The normalized spacial score (nSPS) is 28.1. The summed E-state index contributed by atoms with van der Waals surface area (Å²) in [4.78, 5) is 3.67. The molecule has 2 aliphatic rings. The van der Waals surface area contributed by atoms with Crippen LogP contribution in [0.25, 0.3) is 0 Å². The van der Waals surface area contributed by atoms with Crippen LogP contribution in [0.1, 0.15) is 37.8 Å². The minimum Gasteiger partial charge on any atom is -0.307 e. The molecule has 0 aromatic heterocycles. The Morgan fingerprint density at radius 2 is 2.24 bits per heavy atom. The van der Waals surface area contributed by atoms with Gasteiger partial charge in [-0.15, -0.1) is 11.8 Å². The van der Waals surface area contributed by atoms with Gasteiger partial charge in [-0.25, -0.2) is 4.39 Å². The van der Waals surface area contributed by atoms with E-state index in [1.807, 2.05) is 17.8 Å². The summed E-state index contributed by atoms with van der Waals surface area (Å²) >= 11 is 1.85. The van der Waals surface area contributed by atoms with Crippen molar-refractivity contribution in [2.75, 3.05) is 25.9 Å². The lowest BCUT2D eigenvalue weighted by Gasteiger charge is -2.37. The zero-order valence-electron chi connectivity index (χ0n) is 12.9. The van der Waals surface area contributed by atoms with Gasteiger partial charge >= 0.3 is 0 Å². The van der Waals surface area contributed by atoms with E-state index in [0.717, 1.165) is 17.7 Å². The summed E-state index contributed by atoms with van der Waals surface area (Å²) in [5.41, 5.74) is 1.15. The molecule has 0 amide bonds. The number of benzene rings is 1. The maximum absolute atomic E-state index is 13.6. The smallest absolute Gasteiger partial charge is 0.123 e. The number of fused-ring (bicyclic) bond motifs is 1. The van der Waals surface area contributed by atoms with Crippen molar-refractivity contribution in [2.24, 2.45) is 5.92 Å². The molecule has 3 rings (SSSR count). The van der Waals surface area contributed by atoms with Gasteiger partial charge in [-0.05, 0) is 75.2 Å². The Kier molecular flexibility index (Phi) is 4.87. The minimum atomic E-state index is -0.117. The summed E-state index contributed by atoms with van der Waals surface area (Å²) in [6, 6.07) is 6.02. The predicted octanol–water partition coefficient (Wildman–Crippen LogP) is 3.68. The van der Waals surface area contributed by atoms with Gasteiger partial charge in [0.25, 0.3) is 0 Å². The van der Waals surface area contributed by atoms with Crippen molar-refractivity contribution in [1.29, 1.82) is 0 Å². The molecule has 21 heavy (non-hydrogen) atoms. The number of thioether (sulfide) groups is 1. The lowest BCUT2D eigenvalue weighted by atomic mass is 9.90. The molecule has 116 valence electrons. The molecule has 0 spiro atoms. The molecule has 0 bridgehead atoms. The van der Waals surface area contributed by atoms with Crippen LogP contribution in [0.3, 0.4) is 0 Å². The first-order valence-corrected chi connectivity index (χ1v) is 8.99. The summed E-state index contributed by atoms with van der Waals surface area (Å²) in [5, 5.41) is 3.79. The van der Waals surface area contributed by atoms with Gasteiger partial charge in [0.05, 0.1) is 0 Å². The Bertz CT molecular complexity index is 494. The molecule has 2 nitrogen and oxygen atoms in total. The van der Waals surface area contributed by atoms with Gasteiger partial charge in [0.15, 0.2) is 0 Å². The second kappa shape index (κ2) is 6.67. The Balaban J connectivity index is 1.69. The van der Waals surface area contributed by atoms with Crippen molar-refractivity contribution in [1.82, 2.24) is 10.2 Å². The Morgan fingerprint density at radius 3 is 3.05 bits per heavy atom. The highest BCUT2D eigenvalue weighted by molar-refractivity contribution is 7.99. The molecule has 0 aliphatic carbocycles. The largest absolute Gasteiger partial charge is 0.307 e. The number of hydrogen-bond acceptors (Lipinski definition) is 3. The molecule has 1 saturated heterocycles. The van der Waals surface area contributed by atoms with Crippen LogP contribution in [0.5, 0.6) is 0 Å². The third-order valence-corrected chi connectivity index (χ3v) is 5.97. The van der Waals surface area contributed by atoms with E-state index in [-0.39, 0.29) is 5.82 Å². The van der Waals surface area contributed by atoms with E-state index in [2.05, 4.69) is 24.2 Å². The van der Waals surface area contributed by atoms with E-state index in [1.54, 1.807) is 12.1 Å². The zero-order chi connectivity index (χ0) is 14.8. The van der Waals surface area contributed by atoms with Crippen molar-refractivity contribution >= 4 is 11.8 Å². The fraction of sp³-hybridized carbons (Fsp3) is 0.647. The van der Waals surface area contributed by atoms with Gasteiger partial charge in [-0.2, -0.15) is 0 Å². The van der Waals surface area contributed by atoms with Gasteiger partial charge in [0.2, 0.25) is 0 Å². The van der Waals surface area contributed by atoms with Gasteiger partial charge in [0.1, 0.15) is 5.82 Å². The van der Waals surface area contributed by atoms with Crippen LogP contribution in [0.2, 0.25) is 0 Å². The highest BCUT2D eigenvalue weighted by atomic mass is 32.2.